The summed E-state index contributed by atoms with van der Waals surface area (Å²) >= 11 is 7.72. The zero-order valence-corrected chi connectivity index (χ0v) is 20.9. The van der Waals surface area contributed by atoms with Crippen molar-refractivity contribution in [2.24, 2.45) is 4.99 Å². The summed E-state index contributed by atoms with van der Waals surface area (Å²) in [6.07, 6.45) is 1.80. The number of thioether (sulfide) groups is 1. The van der Waals surface area contributed by atoms with Crippen molar-refractivity contribution in [3.8, 4) is 0 Å². The second-order valence-corrected chi connectivity index (χ2v) is 9.12. The molecule has 10 heteroatoms. The predicted octanol–water partition coefficient (Wildman–Crippen LogP) is 4.21. The maximum atomic E-state index is 13.2. The van der Waals surface area contributed by atoms with Crippen molar-refractivity contribution in [3.63, 3.8) is 0 Å². The van der Waals surface area contributed by atoms with Gasteiger partial charge in [0.05, 0.1) is 42.6 Å². The SMILES string of the molecule is COCCOC(=O)C1=C(C)N=C2SC=C(CC(=O)NCc3ccccn3)N2[C@H]1c1cccc(Cl)c1. The number of benzene rings is 1. The van der Waals surface area contributed by atoms with Crippen LogP contribution in [-0.4, -0.2) is 47.3 Å². The quantitative estimate of drug-likeness (QED) is 0.397. The van der Waals surface area contributed by atoms with Gasteiger partial charge in [0.1, 0.15) is 6.61 Å². The monoisotopic (exact) mass is 512 g/mol. The Morgan fingerprint density at radius 1 is 1.20 bits per heavy atom. The lowest BCUT2D eigenvalue weighted by Gasteiger charge is -2.36. The molecule has 0 saturated heterocycles. The van der Waals surface area contributed by atoms with Crippen molar-refractivity contribution in [2.75, 3.05) is 20.3 Å². The molecular formula is C25H25ClN4O4S. The van der Waals surface area contributed by atoms with Crippen LogP contribution < -0.4 is 5.32 Å². The molecule has 1 atom stereocenters. The number of aliphatic imine (C=N–C) groups is 1. The number of pyridine rings is 1. The van der Waals surface area contributed by atoms with Crippen LogP contribution in [0.1, 0.15) is 30.6 Å². The summed E-state index contributed by atoms with van der Waals surface area (Å²) in [7, 11) is 1.54. The van der Waals surface area contributed by atoms with E-state index in [2.05, 4.69) is 15.3 Å². The number of fused-ring (bicyclic) bond motifs is 1. The highest BCUT2D eigenvalue weighted by Crippen LogP contribution is 2.45. The molecule has 1 amide bonds. The Labute approximate surface area is 213 Å². The minimum absolute atomic E-state index is 0.112. The number of amidine groups is 1. The number of esters is 1. The van der Waals surface area contributed by atoms with Gasteiger partial charge in [-0.3, -0.25) is 9.78 Å². The third-order valence-electron chi connectivity index (χ3n) is 5.44. The van der Waals surface area contributed by atoms with Crippen molar-refractivity contribution < 1.29 is 19.1 Å². The van der Waals surface area contributed by atoms with E-state index in [1.807, 2.05) is 46.7 Å². The molecule has 0 saturated carbocycles. The smallest absolute Gasteiger partial charge is 0.338 e. The summed E-state index contributed by atoms with van der Waals surface area (Å²) in [4.78, 5) is 36.8. The molecule has 2 aliphatic rings. The molecule has 35 heavy (non-hydrogen) atoms. The van der Waals surface area contributed by atoms with Crippen molar-refractivity contribution in [3.05, 3.63) is 87.3 Å². The normalized spacial score (nSPS) is 17.0. The number of hydrogen-bond acceptors (Lipinski definition) is 8. The number of hydrogen-bond donors (Lipinski definition) is 1. The third kappa shape index (κ3) is 5.93. The molecule has 3 heterocycles. The number of halogens is 1. The molecule has 0 unspecified atom stereocenters. The van der Waals surface area contributed by atoms with Crippen LogP contribution in [0.5, 0.6) is 0 Å². The molecule has 1 N–H and O–H groups in total. The standard InChI is InChI=1S/C25H25ClN4O4S/c1-16-22(24(32)34-11-10-33-2)23(17-6-5-7-18(26)12-17)30-20(15-35-25(30)29-16)13-21(31)28-14-19-8-3-4-9-27-19/h3-9,12,15,23H,10-11,13-14H2,1-2H3,(H,28,31)/t23-/m0/s1. The summed E-state index contributed by atoms with van der Waals surface area (Å²) < 4.78 is 10.5. The second-order valence-electron chi connectivity index (χ2n) is 7.85. The number of nitrogens with one attached hydrogen (secondary N) is 1. The highest BCUT2D eigenvalue weighted by atomic mass is 35.5. The average molecular weight is 513 g/mol. The molecule has 2 aromatic rings. The fourth-order valence-corrected chi connectivity index (χ4v) is 5.00. The van der Waals surface area contributed by atoms with Crippen LogP contribution in [0.4, 0.5) is 0 Å². The van der Waals surface area contributed by atoms with E-state index in [0.717, 1.165) is 17.0 Å². The Kier molecular flexibility index (Phi) is 8.22. The van der Waals surface area contributed by atoms with Crippen LogP contribution >= 0.6 is 23.4 Å². The molecule has 0 aliphatic carbocycles. The molecule has 1 aromatic heterocycles. The molecule has 1 aromatic carbocycles. The number of carbonyl (C=O) groups is 2. The lowest BCUT2D eigenvalue weighted by Crippen LogP contribution is -2.38. The van der Waals surface area contributed by atoms with Gasteiger partial charge in [-0.1, -0.05) is 41.6 Å². The number of methoxy groups -OCH3 is 1. The topological polar surface area (TPSA) is 93.1 Å². The lowest BCUT2D eigenvalue weighted by atomic mass is 9.94. The molecule has 0 radical (unpaired) electrons. The first-order chi connectivity index (χ1) is 17.0. The van der Waals surface area contributed by atoms with Crippen molar-refractivity contribution in [1.29, 1.82) is 0 Å². The average Bonchev–Trinajstić information content (AvgIpc) is 3.24. The van der Waals surface area contributed by atoms with Gasteiger partial charge in [0.2, 0.25) is 5.91 Å². The summed E-state index contributed by atoms with van der Waals surface area (Å²) in [5.74, 6) is -0.646. The van der Waals surface area contributed by atoms with E-state index >= 15 is 0 Å². The molecule has 4 rings (SSSR count). The van der Waals surface area contributed by atoms with Gasteiger partial charge in [0, 0.05) is 24.0 Å². The summed E-state index contributed by atoms with van der Waals surface area (Å²) in [5.41, 5.74) is 3.25. The van der Waals surface area contributed by atoms with Crippen LogP contribution in [0, 0.1) is 0 Å². The zero-order valence-electron chi connectivity index (χ0n) is 19.4. The van der Waals surface area contributed by atoms with E-state index in [-0.39, 0.29) is 25.5 Å². The summed E-state index contributed by atoms with van der Waals surface area (Å²) in [6, 6.07) is 12.3. The van der Waals surface area contributed by atoms with Gasteiger partial charge in [0.15, 0.2) is 5.17 Å². The van der Waals surface area contributed by atoms with Gasteiger partial charge in [-0.2, -0.15) is 0 Å². The Hall–Kier alpha value is -3.14. The minimum Gasteiger partial charge on any atom is -0.460 e. The molecule has 0 spiro atoms. The Bertz CT molecular complexity index is 1200. The number of allylic oxidation sites excluding steroid dienone is 1. The summed E-state index contributed by atoms with van der Waals surface area (Å²) in [5, 5.41) is 6.03. The van der Waals surface area contributed by atoms with Crippen LogP contribution in [0.2, 0.25) is 5.02 Å². The number of aromatic nitrogens is 1. The zero-order chi connectivity index (χ0) is 24.8. The third-order valence-corrected chi connectivity index (χ3v) is 6.56. The van der Waals surface area contributed by atoms with E-state index < -0.39 is 12.0 Å². The van der Waals surface area contributed by atoms with Crippen LogP contribution in [0.15, 0.2) is 76.0 Å². The number of rotatable bonds is 9. The maximum absolute atomic E-state index is 13.2. The minimum atomic E-state index is -0.541. The van der Waals surface area contributed by atoms with Crippen molar-refractivity contribution in [1.82, 2.24) is 15.2 Å². The predicted molar refractivity (Wildman–Crippen MR) is 135 cm³/mol. The lowest BCUT2D eigenvalue weighted by molar-refractivity contribution is -0.141. The van der Waals surface area contributed by atoms with E-state index in [1.54, 1.807) is 26.3 Å². The highest BCUT2D eigenvalue weighted by molar-refractivity contribution is 8.16. The van der Waals surface area contributed by atoms with E-state index in [1.165, 1.54) is 11.8 Å². The molecular weight excluding hydrogens is 488 g/mol. The first-order valence-electron chi connectivity index (χ1n) is 11.0. The highest BCUT2D eigenvalue weighted by Gasteiger charge is 2.41. The van der Waals surface area contributed by atoms with Gasteiger partial charge in [-0.15, -0.1) is 0 Å². The first-order valence-corrected chi connectivity index (χ1v) is 12.3. The number of ether oxygens (including phenoxy) is 2. The van der Waals surface area contributed by atoms with Crippen molar-refractivity contribution in [2.45, 2.75) is 25.9 Å². The fraction of sp³-hybridized carbons (Fsp3) is 0.280. The molecule has 182 valence electrons. The Balaban J connectivity index is 1.59. The molecule has 8 nitrogen and oxygen atoms in total. The van der Waals surface area contributed by atoms with E-state index in [4.69, 9.17) is 21.1 Å². The van der Waals surface area contributed by atoms with Gasteiger partial charge in [-0.05, 0) is 42.2 Å². The molecule has 0 fully saturated rings. The molecule has 0 bridgehead atoms. The van der Waals surface area contributed by atoms with Gasteiger partial charge in [0.25, 0.3) is 0 Å². The van der Waals surface area contributed by atoms with Gasteiger partial charge >= 0.3 is 5.97 Å². The Morgan fingerprint density at radius 3 is 2.80 bits per heavy atom. The Morgan fingerprint density at radius 2 is 2.06 bits per heavy atom. The summed E-state index contributed by atoms with van der Waals surface area (Å²) in [6.45, 7) is 2.52. The van der Waals surface area contributed by atoms with E-state index in [9.17, 15) is 9.59 Å². The second kappa shape index (κ2) is 11.5. The largest absolute Gasteiger partial charge is 0.460 e. The molecule has 2 aliphatic heterocycles. The maximum Gasteiger partial charge on any atom is 0.338 e. The number of carbonyl (C=O) groups excluding carboxylic acids is 2. The van der Waals surface area contributed by atoms with Crippen LogP contribution in [-0.2, 0) is 25.6 Å². The first kappa shape index (κ1) is 25.0. The van der Waals surface area contributed by atoms with Gasteiger partial charge in [-0.25, -0.2) is 9.79 Å². The van der Waals surface area contributed by atoms with Crippen molar-refractivity contribution >= 4 is 40.4 Å². The fourth-order valence-electron chi connectivity index (χ4n) is 3.84. The van der Waals surface area contributed by atoms with E-state index in [0.29, 0.717) is 28.0 Å². The van der Waals surface area contributed by atoms with Gasteiger partial charge < -0.3 is 19.7 Å². The van der Waals surface area contributed by atoms with Crippen LogP contribution in [0.25, 0.3) is 0 Å². The number of amides is 1. The number of nitrogens with zero attached hydrogens (tertiary/aromatic N) is 3. The van der Waals surface area contributed by atoms with Crippen LogP contribution in [0.3, 0.4) is 0 Å².